The molecule has 0 saturated heterocycles. The van der Waals surface area contributed by atoms with E-state index in [4.69, 9.17) is 4.74 Å². The van der Waals surface area contributed by atoms with Crippen LogP contribution in [0.15, 0.2) is 0 Å². The van der Waals surface area contributed by atoms with Crippen molar-refractivity contribution in [3.63, 3.8) is 0 Å². The molecule has 8 heteroatoms. The molecule has 1 N–H and O–H groups in total. The third-order valence-corrected chi connectivity index (χ3v) is 3.24. The van der Waals surface area contributed by atoms with Crippen LogP contribution in [0.5, 0.6) is 0 Å². The Morgan fingerprint density at radius 2 is 2.20 bits per heavy atom. The molecule has 20 heavy (non-hydrogen) atoms. The van der Waals surface area contributed by atoms with Crippen molar-refractivity contribution < 1.29 is 9.66 Å². The van der Waals surface area contributed by atoms with Crippen LogP contribution in [0, 0.1) is 17.0 Å². The molecule has 0 unspecified atom stereocenters. The van der Waals surface area contributed by atoms with Gasteiger partial charge in [-0.1, -0.05) is 0 Å². The average Bonchev–Trinajstić information content (AvgIpc) is 3.22. The molecule has 1 aliphatic carbocycles. The fourth-order valence-electron chi connectivity index (χ4n) is 2.11. The molecule has 1 fully saturated rings. The Kier molecular flexibility index (Phi) is 4.33. The van der Waals surface area contributed by atoms with Gasteiger partial charge in [0.05, 0.1) is 11.5 Å². The maximum atomic E-state index is 11.3. The fraction of sp³-hybridized carbons (Fsp3) is 0.667. The van der Waals surface area contributed by atoms with Crippen LogP contribution < -0.4 is 10.2 Å². The lowest BCUT2D eigenvalue weighted by atomic mass is 10.3. The Bertz CT molecular complexity index is 504. The number of nitro groups is 1. The van der Waals surface area contributed by atoms with Gasteiger partial charge in [-0.25, -0.2) is 4.98 Å². The van der Waals surface area contributed by atoms with Crippen molar-refractivity contribution in [1.29, 1.82) is 0 Å². The second kappa shape index (κ2) is 6.00. The molecule has 1 aromatic heterocycles. The number of aryl methyl sites for hydroxylation is 1. The Hall–Kier alpha value is -1.96. The number of hydrogen-bond acceptors (Lipinski definition) is 7. The monoisotopic (exact) mass is 281 g/mol. The van der Waals surface area contributed by atoms with Gasteiger partial charge in [0.15, 0.2) is 0 Å². The molecule has 1 heterocycles. The topological polar surface area (TPSA) is 93.4 Å². The summed E-state index contributed by atoms with van der Waals surface area (Å²) in [6.45, 7) is 2.72. The lowest BCUT2D eigenvalue weighted by molar-refractivity contribution is -0.385. The first-order valence-corrected chi connectivity index (χ1v) is 6.54. The molecule has 0 aromatic carbocycles. The zero-order valence-corrected chi connectivity index (χ0v) is 11.9. The van der Waals surface area contributed by atoms with Crippen LogP contribution in [-0.2, 0) is 4.74 Å². The van der Waals surface area contributed by atoms with E-state index >= 15 is 0 Å². The number of nitrogens with zero attached hydrogens (tertiary/aromatic N) is 4. The number of hydrogen-bond donors (Lipinski definition) is 1. The van der Waals surface area contributed by atoms with Gasteiger partial charge < -0.3 is 15.0 Å². The van der Waals surface area contributed by atoms with Gasteiger partial charge in [0, 0.05) is 26.7 Å². The maximum absolute atomic E-state index is 11.3. The normalized spacial score (nSPS) is 14.2. The highest BCUT2D eigenvalue weighted by Crippen LogP contribution is 2.37. The first-order chi connectivity index (χ1) is 9.58. The molecule has 0 radical (unpaired) electrons. The van der Waals surface area contributed by atoms with Crippen LogP contribution in [0.1, 0.15) is 18.5 Å². The molecule has 1 saturated carbocycles. The molecule has 0 bridgehead atoms. The Morgan fingerprint density at radius 1 is 1.50 bits per heavy atom. The zero-order valence-electron chi connectivity index (χ0n) is 11.9. The summed E-state index contributed by atoms with van der Waals surface area (Å²) in [7, 11) is 3.31. The third-order valence-electron chi connectivity index (χ3n) is 3.24. The molecule has 0 aliphatic heterocycles. The molecule has 0 spiro atoms. The van der Waals surface area contributed by atoms with Gasteiger partial charge in [-0.15, -0.1) is 0 Å². The molecule has 8 nitrogen and oxygen atoms in total. The van der Waals surface area contributed by atoms with Crippen molar-refractivity contribution in [2.75, 3.05) is 37.5 Å². The second-order valence-corrected chi connectivity index (χ2v) is 4.73. The van der Waals surface area contributed by atoms with Gasteiger partial charge in [-0.3, -0.25) is 10.1 Å². The number of aromatic nitrogens is 2. The largest absolute Gasteiger partial charge is 0.383 e. The van der Waals surface area contributed by atoms with Crippen LogP contribution in [0.25, 0.3) is 0 Å². The summed E-state index contributed by atoms with van der Waals surface area (Å²) in [5.74, 6) is 0.776. The van der Waals surface area contributed by atoms with Crippen LogP contribution in [-0.4, -0.2) is 48.2 Å². The maximum Gasteiger partial charge on any atom is 0.332 e. The standard InChI is InChI=1S/C12H19N5O3/c1-8-10(17(18)19)11(15-12(13-2)14-8)16(6-7-20-3)9-4-5-9/h9H,4-7H2,1-3H3,(H,13,14,15). The molecule has 0 atom stereocenters. The summed E-state index contributed by atoms with van der Waals surface area (Å²) in [6, 6.07) is 0.308. The van der Waals surface area contributed by atoms with Crippen molar-refractivity contribution in [1.82, 2.24) is 9.97 Å². The first kappa shape index (κ1) is 14.4. The van der Waals surface area contributed by atoms with Crippen molar-refractivity contribution in [2.24, 2.45) is 0 Å². The number of methoxy groups -OCH3 is 1. The van der Waals surface area contributed by atoms with E-state index in [1.54, 1.807) is 21.1 Å². The zero-order chi connectivity index (χ0) is 14.7. The second-order valence-electron chi connectivity index (χ2n) is 4.73. The van der Waals surface area contributed by atoms with E-state index in [9.17, 15) is 10.1 Å². The van der Waals surface area contributed by atoms with Crippen molar-refractivity contribution in [2.45, 2.75) is 25.8 Å². The minimum absolute atomic E-state index is 0.0213. The van der Waals surface area contributed by atoms with Gasteiger partial charge in [0.25, 0.3) is 0 Å². The van der Waals surface area contributed by atoms with E-state index < -0.39 is 4.92 Å². The summed E-state index contributed by atoms with van der Waals surface area (Å²) in [6.07, 6.45) is 2.05. The lowest BCUT2D eigenvalue weighted by Crippen LogP contribution is -2.31. The third kappa shape index (κ3) is 2.96. The van der Waals surface area contributed by atoms with E-state index in [0.717, 1.165) is 12.8 Å². The van der Waals surface area contributed by atoms with E-state index in [1.165, 1.54) is 0 Å². The average molecular weight is 281 g/mol. The highest BCUT2D eigenvalue weighted by Gasteiger charge is 2.35. The molecular weight excluding hydrogens is 262 g/mol. The first-order valence-electron chi connectivity index (χ1n) is 6.54. The predicted octanol–water partition coefficient (Wildman–Crippen LogP) is 1.35. The van der Waals surface area contributed by atoms with E-state index in [0.29, 0.717) is 36.7 Å². The van der Waals surface area contributed by atoms with Crippen LogP contribution in [0.2, 0.25) is 0 Å². The van der Waals surface area contributed by atoms with Crippen molar-refractivity contribution in [3.05, 3.63) is 15.8 Å². The molecule has 0 amide bonds. The summed E-state index contributed by atoms with van der Waals surface area (Å²) >= 11 is 0. The summed E-state index contributed by atoms with van der Waals surface area (Å²) < 4.78 is 5.09. The minimum Gasteiger partial charge on any atom is -0.383 e. The molecular formula is C12H19N5O3. The van der Waals surface area contributed by atoms with Gasteiger partial charge in [-0.05, 0) is 19.8 Å². The highest BCUT2D eigenvalue weighted by atomic mass is 16.6. The SMILES string of the molecule is CNc1nc(C)c([N+](=O)[O-])c(N(CCOC)C2CC2)n1. The van der Waals surface area contributed by atoms with E-state index in [1.807, 2.05) is 4.90 Å². The highest BCUT2D eigenvalue weighted by molar-refractivity contribution is 5.63. The van der Waals surface area contributed by atoms with E-state index in [2.05, 4.69) is 15.3 Å². The Balaban J connectivity index is 2.44. The van der Waals surface area contributed by atoms with E-state index in [-0.39, 0.29) is 5.69 Å². The Morgan fingerprint density at radius 3 is 2.70 bits per heavy atom. The number of ether oxygens (including phenoxy) is 1. The number of anilines is 2. The summed E-state index contributed by atoms with van der Waals surface area (Å²) in [4.78, 5) is 21.2. The number of rotatable bonds is 7. The molecule has 1 aliphatic rings. The smallest absolute Gasteiger partial charge is 0.332 e. The van der Waals surface area contributed by atoms with Gasteiger partial charge in [-0.2, -0.15) is 4.98 Å². The number of nitrogens with one attached hydrogen (secondary N) is 1. The van der Waals surface area contributed by atoms with Gasteiger partial charge in [0.2, 0.25) is 11.8 Å². The van der Waals surface area contributed by atoms with Gasteiger partial charge >= 0.3 is 5.69 Å². The fourth-order valence-corrected chi connectivity index (χ4v) is 2.11. The Labute approximate surface area is 117 Å². The predicted molar refractivity (Wildman–Crippen MR) is 75.2 cm³/mol. The minimum atomic E-state index is -0.410. The lowest BCUT2D eigenvalue weighted by Gasteiger charge is -2.23. The van der Waals surface area contributed by atoms with Crippen LogP contribution in [0.3, 0.4) is 0 Å². The summed E-state index contributed by atoms with van der Waals surface area (Å²) in [5.41, 5.74) is 0.347. The molecule has 1 aromatic rings. The molecule has 110 valence electrons. The summed E-state index contributed by atoms with van der Waals surface area (Å²) in [5, 5.41) is 14.2. The molecule has 2 rings (SSSR count). The van der Waals surface area contributed by atoms with Crippen molar-refractivity contribution in [3.8, 4) is 0 Å². The van der Waals surface area contributed by atoms with Crippen LogP contribution >= 0.6 is 0 Å². The van der Waals surface area contributed by atoms with Crippen LogP contribution in [0.4, 0.5) is 17.5 Å². The van der Waals surface area contributed by atoms with Crippen molar-refractivity contribution >= 4 is 17.5 Å². The quantitative estimate of drug-likeness (QED) is 0.595. The van der Waals surface area contributed by atoms with Gasteiger partial charge in [0.1, 0.15) is 5.69 Å².